The standard InChI is InChI=1S/C24H20N4O3S2.C18H13ClN4O3S2.C16H18N2O2S2.C15H17N3OS2.C13H12N2O2S2.C13H14N2O2S2/c1-15-6-3-4-8-20(15)30-13-21-27-28-23(25)19(16(2)26-24(28)33-21)12-17-9-10-22(31-17)32-14-18-7-5-11-29-18;1-10-14(16(20)23-17(21-10)27-18(22-23)28(2,24)25)9-13-7-8-15(26-13)11-3-5-12(19)6-4-11;1-3-4-9-21-16-13(10-17)14(19)18-15(22-16)11-5-7-12(20-2)8-6-11;1-4-20-15-12(9-16)13(19)17-14(21-15)10-5-7-11(8-6-10)18(2)3;1-2-18-13-10(7-14)11(17)15-12(19-13)8-3-5-9(16)6-4-8;1-2-3-7-18-13-9(8-14)11(16)15-12(19-13)10-5-4-6-17-10/h3-12,25H,2,13-14H2,1H3;3-9,20H,1H2,2H3;5-8,15H,3-4,9H2,1-2H3,(H,18,19);5-8,14H,4H2,1-3H3,(H,17,19);3-6,12,16H,2H2,1H3,(H,15,17);4-6,12H,2-3,7H2,1H3,(H,15,16)/b19-12-,25-23?;14-9-,20-16?;;;;. The Hall–Kier alpha value is -12.4. The molecule has 5 aromatic carbocycles. The van der Waals surface area contributed by atoms with Gasteiger partial charge in [-0.3, -0.25) is 30.0 Å². The summed E-state index contributed by atoms with van der Waals surface area (Å²) in [6, 6.07) is 60.2. The summed E-state index contributed by atoms with van der Waals surface area (Å²) < 4.78 is 62.7. The van der Waals surface area contributed by atoms with E-state index in [2.05, 4.69) is 68.4 Å². The molecule has 0 aliphatic carbocycles. The van der Waals surface area contributed by atoms with Gasteiger partial charge in [-0.1, -0.05) is 201 Å². The third-order valence-corrected chi connectivity index (χ3v) is 34.8. The number of methoxy groups -OCH3 is 1. The monoisotopic (exact) mass is 2150 g/mol. The van der Waals surface area contributed by atoms with Crippen LogP contribution in [0.25, 0.3) is 46.6 Å². The van der Waals surface area contributed by atoms with Crippen molar-refractivity contribution in [2.45, 2.75) is 104 Å². The second-order valence-corrected chi connectivity index (χ2v) is 46.2. The lowest BCUT2D eigenvalue weighted by Crippen LogP contribution is -2.44. The molecule has 12 heterocycles. The molecule has 8 aromatic heterocycles. The first kappa shape index (κ1) is 108. The number of benzene rings is 5. The second-order valence-electron chi connectivity index (χ2n) is 30.4. The van der Waals surface area contributed by atoms with Crippen LogP contribution in [-0.2, 0) is 41.4 Å². The highest BCUT2D eigenvalue weighted by atomic mass is 35.5. The third kappa shape index (κ3) is 29.2. The van der Waals surface area contributed by atoms with Crippen molar-refractivity contribution in [2.75, 3.05) is 55.4 Å². The van der Waals surface area contributed by atoms with E-state index >= 15 is 0 Å². The Labute approximate surface area is 869 Å². The van der Waals surface area contributed by atoms with Crippen molar-refractivity contribution >= 4 is 215 Å². The highest BCUT2D eigenvalue weighted by molar-refractivity contribution is 8.23. The summed E-state index contributed by atoms with van der Waals surface area (Å²) in [5.41, 5.74) is 6.99. The number of aryl methyl sites for hydroxylation is 1. The molecule has 0 fully saturated rings. The molecule has 142 heavy (non-hydrogen) atoms. The van der Waals surface area contributed by atoms with Crippen molar-refractivity contribution < 1.29 is 59.8 Å². The van der Waals surface area contributed by atoms with Crippen LogP contribution in [0.5, 0.6) is 17.2 Å². The van der Waals surface area contributed by atoms with Crippen molar-refractivity contribution in [3.05, 3.63) is 309 Å². The summed E-state index contributed by atoms with van der Waals surface area (Å²) >= 11 is 21.9. The Morgan fingerprint density at radius 1 is 0.570 bits per heavy atom. The molecule has 0 saturated carbocycles. The molecule has 4 aliphatic rings. The molecule has 43 heteroatoms. The number of amides is 4. The molecule has 0 radical (unpaired) electrons. The molecule has 13 aromatic rings. The number of fused-ring (bicyclic) bond motifs is 2. The number of carbonyl (C=O) groups is 4. The van der Waals surface area contributed by atoms with Crippen LogP contribution in [0.1, 0.15) is 125 Å². The number of aromatic hydroxyl groups is 1. The number of sulfone groups is 1. The Kier molecular flexibility index (Phi) is 40.2. The van der Waals surface area contributed by atoms with Crippen LogP contribution >= 0.6 is 140 Å². The number of phenolic OH excluding ortho intramolecular Hbond substituents is 1. The lowest BCUT2D eigenvalue weighted by atomic mass is 10.2. The maximum atomic E-state index is 12.1. The van der Waals surface area contributed by atoms with Gasteiger partial charge in [-0.25, -0.2) is 18.4 Å². The highest BCUT2D eigenvalue weighted by Crippen LogP contribution is 2.48. The van der Waals surface area contributed by atoms with Gasteiger partial charge in [-0.15, -0.1) is 52.1 Å². The minimum Gasteiger partial charge on any atom is -0.508 e. The first-order valence-electron chi connectivity index (χ1n) is 43.5. The minimum atomic E-state index is -3.49. The van der Waals surface area contributed by atoms with Crippen LogP contribution in [0.3, 0.4) is 0 Å². The van der Waals surface area contributed by atoms with Crippen LogP contribution in [0.2, 0.25) is 5.02 Å². The highest BCUT2D eigenvalue weighted by Gasteiger charge is 2.34. The van der Waals surface area contributed by atoms with E-state index in [1.165, 1.54) is 79.2 Å². The van der Waals surface area contributed by atoms with Crippen LogP contribution < -0.4 is 67.8 Å². The van der Waals surface area contributed by atoms with Crippen molar-refractivity contribution in [1.82, 2.24) is 50.5 Å². The summed E-state index contributed by atoms with van der Waals surface area (Å²) in [6.45, 7) is 18.4. The number of hydrogen-bond acceptors (Lipinski definition) is 35. The molecule has 732 valence electrons. The fraction of sp³-hybridized carbons (Fsp3) is 0.232. The number of phenols is 1. The molecule has 4 atom stereocenters. The van der Waals surface area contributed by atoms with Crippen molar-refractivity contribution in [1.29, 1.82) is 31.9 Å². The van der Waals surface area contributed by atoms with Gasteiger partial charge in [0.1, 0.15) is 121 Å². The number of anilines is 1. The lowest BCUT2D eigenvalue weighted by Gasteiger charge is -2.25. The number of para-hydroxylation sites is 1. The average Bonchev–Trinajstić information content (AvgIpc) is 1.62. The molecular formula is C99H94ClN17O13S12. The summed E-state index contributed by atoms with van der Waals surface area (Å²) in [7, 11) is 2.11. The van der Waals surface area contributed by atoms with E-state index < -0.39 is 9.84 Å². The molecule has 17 rings (SSSR count). The number of furan rings is 4. The topological polar surface area (TPSA) is 448 Å². The van der Waals surface area contributed by atoms with E-state index in [-0.39, 0.29) is 93.4 Å². The predicted octanol–water partition coefficient (Wildman–Crippen LogP) is 18.8. The number of unbranched alkanes of at least 4 members (excludes halogenated alkanes) is 2. The number of thioether (sulfide) groups is 9. The minimum absolute atomic E-state index is 0.0226. The fourth-order valence-electron chi connectivity index (χ4n) is 12.8. The zero-order valence-electron chi connectivity index (χ0n) is 77.8. The Bertz CT molecular complexity index is 7550. The first-order chi connectivity index (χ1) is 68.4. The summed E-state index contributed by atoms with van der Waals surface area (Å²) in [4.78, 5) is 59.7. The van der Waals surface area contributed by atoms with Gasteiger partial charge in [0.05, 0.1) is 53.0 Å². The normalized spacial score (nSPS) is 15.8. The maximum absolute atomic E-state index is 12.1. The van der Waals surface area contributed by atoms with Crippen molar-refractivity contribution in [2.24, 2.45) is 0 Å². The van der Waals surface area contributed by atoms with E-state index in [1.807, 2.05) is 185 Å². The van der Waals surface area contributed by atoms with Gasteiger partial charge in [0.25, 0.3) is 23.6 Å². The van der Waals surface area contributed by atoms with Gasteiger partial charge < -0.3 is 58.4 Å². The number of ether oxygens (including phenoxy) is 2. The Morgan fingerprint density at radius 2 is 1.04 bits per heavy atom. The number of nitrogens with zero attached hydrogens (tertiary/aromatic N) is 11. The fourth-order valence-corrected chi connectivity index (χ4v) is 26.2. The van der Waals surface area contributed by atoms with E-state index in [0.717, 1.165) is 144 Å². The zero-order valence-corrected chi connectivity index (χ0v) is 88.4. The molecule has 0 spiro atoms. The van der Waals surface area contributed by atoms with E-state index in [9.17, 15) is 38.0 Å². The number of hydrogen-bond donors (Lipinski definition) is 7. The predicted molar refractivity (Wildman–Crippen MR) is 571 cm³/mol. The SMILES string of the molecule is C=c1nc2sc(COc3ccccc3C)nn2c(=N)/c1=C\c1ccc(SCc2ccco2)o1.C=c1nc2sc(S(C)(=O)=O)nn2c(=N)/c1=C\c1ccc(-c2ccc(Cl)cc2)o1.CCCCSC1=C(C#N)C(=O)NC(c2ccc(OC)cc2)S1.CCCCSC1=C(C#N)C(=O)NC(c2ccco2)S1.CCSC1=C(C#N)C(=O)NC(c2ccc(N(C)C)cc2)S1.CCSC1=C(C#N)C(=O)NC(c2ccc(O)cc2)S1. The smallest absolute Gasteiger partial charge is 0.264 e. The molecule has 4 amide bonds. The summed E-state index contributed by atoms with van der Waals surface area (Å²) in [5, 5.41) is 85.7. The van der Waals surface area contributed by atoms with Gasteiger partial charge >= 0.3 is 0 Å². The van der Waals surface area contributed by atoms with Gasteiger partial charge in [0.15, 0.2) is 21.1 Å². The number of carbonyl (C=O) groups excluding carboxylic acids is 4. The molecule has 30 nitrogen and oxygen atoms in total. The van der Waals surface area contributed by atoms with Gasteiger partial charge in [-0.05, 0) is 192 Å². The van der Waals surface area contributed by atoms with Crippen LogP contribution in [0.15, 0.2) is 249 Å². The maximum Gasteiger partial charge on any atom is 0.264 e. The summed E-state index contributed by atoms with van der Waals surface area (Å²) in [6.07, 6.45) is 12.0. The molecule has 4 unspecified atom stereocenters. The van der Waals surface area contributed by atoms with Gasteiger partial charge in [0.2, 0.25) is 24.1 Å². The van der Waals surface area contributed by atoms with Gasteiger partial charge in [-0.2, -0.15) is 35.2 Å². The van der Waals surface area contributed by atoms with Crippen LogP contribution in [-0.4, -0.2) is 117 Å². The molecular weight excluding hydrogens is 2060 g/mol. The molecule has 0 saturated heterocycles. The third-order valence-electron chi connectivity index (χ3n) is 20.1. The second kappa shape index (κ2) is 52.6. The lowest BCUT2D eigenvalue weighted by molar-refractivity contribution is -0.118. The van der Waals surface area contributed by atoms with Crippen LogP contribution in [0, 0.1) is 63.1 Å². The number of aromatic nitrogens is 6. The molecule has 4 aliphatic heterocycles. The Balaban J connectivity index is 0.000000154. The van der Waals surface area contributed by atoms with E-state index in [0.29, 0.717) is 66.5 Å². The van der Waals surface area contributed by atoms with E-state index in [1.54, 1.807) is 127 Å². The Morgan fingerprint density at radius 3 is 1.52 bits per heavy atom. The average molecular weight is 2150 g/mol. The summed E-state index contributed by atoms with van der Waals surface area (Å²) in [5.74, 6) is 8.07. The first-order valence-corrected chi connectivity index (χ1v) is 55.8. The van der Waals surface area contributed by atoms with Crippen molar-refractivity contribution in [3.8, 4) is 52.8 Å². The zero-order chi connectivity index (χ0) is 102. The molecule has 0 bridgehead atoms. The largest absolute Gasteiger partial charge is 0.508 e. The number of nitrogens with one attached hydrogen (secondary N) is 6. The quantitative estimate of drug-likeness (QED) is 0.0177. The molecule has 7 N–H and O–H groups in total. The number of rotatable bonds is 28. The van der Waals surface area contributed by atoms with Gasteiger partial charge in [0, 0.05) is 47.1 Å². The number of halogens is 1. The van der Waals surface area contributed by atoms with E-state index in [4.69, 9.17) is 65.3 Å². The number of nitriles is 4. The van der Waals surface area contributed by atoms with Crippen molar-refractivity contribution in [3.63, 3.8) is 0 Å². The van der Waals surface area contributed by atoms with Crippen LogP contribution in [0.4, 0.5) is 5.69 Å².